The summed E-state index contributed by atoms with van der Waals surface area (Å²) in [6.45, 7) is 7.04. The number of rotatable bonds is 11. The smallest absolute Gasteiger partial charge is 0.219 e. The van der Waals surface area contributed by atoms with Gasteiger partial charge in [0.1, 0.15) is 0 Å². The summed E-state index contributed by atoms with van der Waals surface area (Å²) in [7, 11) is 8.88. The lowest BCUT2D eigenvalue weighted by molar-refractivity contribution is -0.870. The van der Waals surface area contributed by atoms with Gasteiger partial charge in [-0.25, -0.2) is 4.57 Å². The van der Waals surface area contributed by atoms with Gasteiger partial charge in [-0.05, 0) is 23.3 Å². The molecule has 2 aromatic carbocycles. The maximum Gasteiger partial charge on any atom is 0.219 e. The van der Waals surface area contributed by atoms with Crippen LogP contribution in [0.15, 0.2) is 79.1 Å². The van der Waals surface area contributed by atoms with Gasteiger partial charge in [0.2, 0.25) is 5.12 Å². The van der Waals surface area contributed by atoms with Gasteiger partial charge in [0.25, 0.3) is 0 Å². The Morgan fingerprint density at radius 1 is 0.889 bits per heavy atom. The number of anilines is 1. The van der Waals surface area contributed by atoms with Crippen LogP contribution < -0.4 is 9.47 Å². The van der Waals surface area contributed by atoms with E-state index in [2.05, 4.69) is 98.6 Å². The molecule has 192 valence electrons. The van der Waals surface area contributed by atoms with Crippen LogP contribution in [0.5, 0.6) is 0 Å². The first-order valence-corrected chi connectivity index (χ1v) is 13.8. The van der Waals surface area contributed by atoms with Gasteiger partial charge in [0.15, 0.2) is 18.9 Å². The van der Waals surface area contributed by atoms with E-state index in [9.17, 15) is 4.79 Å². The first kappa shape index (κ1) is 29.3. The van der Waals surface area contributed by atoms with Crippen molar-refractivity contribution >= 4 is 34.7 Å². The molecule has 3 rings (SSSR count). The third kappa shape index (κ3) is 10.8. The molecule has 1 heterocycles. The molecule has 0 aliphatic heterocycles. The molecule has 3 aromatic rings. The second kappa shape index (κ2) is 15.3. The normalized spacial score (nSPS) is 11.2. The Hall–Kier alpha value is -2.89. The first-order chi connectivity index (χ1) is 17.3. The van der Waals surface area contributed by atoms with Crippen molar-refractivity contribution in [3.63, 3.8) is 0 Å². The summed E-state index contributed by atoms with van der Waals surface area (Å²) in [5, 5.41) is 0.127. The van der Waals surface area contributed by atoms with Crippen molar-refractivity contribution in [2.24, 2.45) is 0 Å². The molecule has 0 aliphatic rings. The van der Waals surface area contributed by atoms with Crippen LogP contribution in [0, 0.1) is 0 Å². The molecule has 0 radical (unpaired) electrons. The standard InChI is InChI=1S/C29H37N3OS.C2H6/c1-30(19-8-23-32(2,3)4)28-15-13-25(14-16-28)11-12-26-17-20-31(21-18-26)22-24-34-29(33)27-9-6-5-7-10-27;1-2/h5-7,9-18,20-21H,8,19,22-24H2,1-4H3;1-2H3/q+2;. The summed E-state index contributed by atoms with van der Waals surface area (Å²) in [6.07, 6.45) is 9.60. The third-order valence-corrected chi connectivity index (χ3v) is 6.52. The predicted molar refractivity (Wildman–Crippen MR) is 157 cm³/mol. The summed E-state index contributed by atoms with van der Waals surface area (Å²) in [4.78, 5) is 14.5. The molecule has 0 amide bonds. The molecule has 0 bridgehead atoms. The molecule has 0 atom stereocenters. The molecule has 0 saturated heterocycles. The van der Waals surface area contributed by atoms with E-state index in [0.717, 1.165) is 34.5 Å². The van der Waals surface area contributed by atoms with Crippen molar-refractivity contribution in [2.75, 3.05) is 51.9 Å². The number of carbonyl (C=O) groups excluding carboxylic acids is 1. The Balaban J connectivity index is 0.00000222. The number of aromatic nitrogens is 1. The highest BCUT2D eigenvalue weighted by molar-refractivity contribution is 8.14. The molecule has 4 nitrogen and oxygen atoms in total. The van der Waals surface area contributed by atoms with Crippen molar-refractivity contribution in [3.05, 3.63) is 95.8 Å². The van der Waals surface area contributed by atoms with E-state index < -0.39 is 0 Å². The monoisotopic (exact) mass is 505 g/mol. The zero-order chi connectivity index (χ0) is 26.4. The van der Waals surface area contributed by atoms with Crippen LogP contribution >= 0.6 is 11.8 Å². The van der Waals surface area contributed by atoms with Gasteiger partial charge in [-0.15, -0.1) is 0 Å². The Kier molecular flexibility index (Phi) is 12.4. The third-order valence-electron chi connectivity index (χ3n) is 5.63. The minimum Gasteiger partial charge on any atom is -0.374 e. The van der Waals surface area contributed by atoms with Crippen LogP contribution in [0.1, 0.15) is 41.8 Å². The zero-order valence-electron chi connectivity index (χ0n) is 22.9. The number of aryl methyl sites for hydroxylation is 1. The van der Waals surface area contributed by atoms with E-state index in [-0.39, 0.29) is 5.12 Å². The van der Waals surface area contributed by atoms with Crippen LogP contribution in [0.25, 0.3) is 12.2 Å². The highest BCUT2D eigenvalue weighted by Crippen LogP contribution is 2.16. The number of thioether (sulfide) groups is 1. The van der Waals surface area contributed by atoms with Crippen molar-refractivity contribution in [2.45, 2.75) is 26.8 Å². The summed E-state index contributed by atoms with van der Waals surface area (Å²) >= 11 is 1.37. The van der Waals surface area contributed by atoms with Crippen molar-refractivity contribution in [1.82, 2.24) is 0 Å². The Bertz CT molecular complexity index is 1060. The number of hydrogen-bond acceptors (Lipinski definition) is 3. The highest BCUT2D eigenvalue weighted by atomic mass is 32.2. The number of quaternary nitrogens is 1. The van der Waals surface area contributed by atoms with Crippen LogP contribution in [-0.2, 0) is 6.54 Å². The molecule has 0 N–H and O–H groups in total. The van der Waals surface area contributed by atoms with E-state index in [4.69, 9.17) is 0 Å². The molecule has 1 aromatic heterocycles. The largest absolute Gasteiger partial charge is 0.374 e. The van der Waals surface area contributed by atoms with Gasteiger partial charge in [-0.2, -0.15) is 0 Å². The molecule has 0 fully saturated rings. The van der Waals surface area contributed by atoms with Crippen molar-refractivity contribution in [3.8, 4) is 0 Å². The second-order valence-corrected chi connectivity index (χ2v) is 10.7. The van der Waals surface area contributed by atoms with Gasteiger partial charge in [-0.3, -0.25) is 4.79 Å². The fraction of sp³-hybridized carbons (Fsp3) is 0.355. The maximum absolute atomic E-state index is 12.2. The fourth-order valence-electron chi connectivity index (χ4n) is 3.57. The number of pyridine rings is 1. The number of nitrogens with zero attached hydrogens (tertiary/aromatic N) is 3. The van der Waals surface area contributed by atoms with Crippen LogP contribution in [-0.4, -0.2) is 56.6 Å². The van der Waals surface area contributed by atoms with Crippen LogP contribution in [0.3, 0.4) is 0 Å². The maximum atomic E-state index is 12.2. The Labute approximate surface area is 222 Å². The van der Waals surface area contributed by atoms with Gasteiger partial charge in [0, 0.05) is 43.4 Å². The summed E-state index contributed by atoms with van der Waals surface area (Å²) in [5.74, 6) is 0.754. The van der Waals surface area contributed by atoms with Gasteiger partial charge in [-0.1, -0.05) is 80.2 Å². The average Bonchev–Trinajstić information content (AvgIpc) is 2.89. The van der Waals surface area contributed by atoms with Crippen LogP contribution in [0.2, 0.25) is 0 Å². The molecule has 0 spiro atoms. The second-order valence-electron chi connectivity index (χ2n) is 9.59. The Morgan fingerprint density at radius 2 is 1.47 bits per heavy atom. The zero-order valence-corrected chi connectivity index (χ0v) is 23.7. The van der Waals surface area contributed by atoms with E-state index in [0.29, 0.717) is 0 Å². The minimum absolute atomic E-state index is 0.127. The Morgan fingerprint density at radius 3 is 2.06 bits per heavy atom. The molecular formula is C31H43N3OS+2. The molecule has 0 unspecified atom stereocenters. The van der Waals surface area contributed by atoms with E-state index >= 15 is 0 Å². The van der Waals surface area contributed by atoms with Gasteiger partial charge >= 0.3 is 0 Å². The number of hydrogen-bond donors (Lipinski definition) is 0. The predicted octanol–water partition coefficient (Wildman–Crippen LogP) is 6.28. The van der Waals surface area contributed by atoms with E-state index in [1.54, 1.807) is 0 Å². The van der Waals surface area contributed by atoms with E-state index in [1.807, 2.05) is 44.2 Å². The molecule has 36 heavy (non-hydrogen) atoms. The SMILES string of the molecule is CC.CN(CCC[N+](C)(C)C)c1ccc(/C=C/c2cc[n+](CCSC(=O)c3ccccc3)cc2)cc1. The highest BCUT2D eigenvalue weighted by Gasteiger charge is 2.09. The fourth-order valence-corrected chi connectivity index (χ4v) is 4.36. The molecular weight excluding hydrogens is 462 g/mol. The average molecular weight is 506 g/mol. The number of benzene rings is 2. The minimum atomic E-state index is 0.127. The van der Waals surface area contributed by atoms with Crippen molar-refractivity contribution in [1.29, 1.82) is 0 Å². The molecule has 0 saturated carbocycles. The molecule has 0 aliphatic carbocycles. The summed E-state index contributed by atoms with van der Waals surface area (Å²) < 4.78 is 3.12. The topological polar surface area (TPSA) is 24.2 Å². The quantitative estimate of drug-likeness (QED) is 0.226. The first-order valence-electron chi connectivity index (χ1n) is 12.8. The summed E-state index contributed by atoms with van der Waals surface area (Å²) in [5.41, 5.74) is 4.36. The lowest BCUT2D eigenvalue weighted by Crippen LogP contribution is -2.37. The van der Waals surface area contributed by atoms with Crippen LogP contribution in [0.4, 0.5) is 5.69 Å². The van der Waals surface area contributed by atoms with Gasteiger partial charge in [0.05, 0.1) is 33.4 Å². The van der Waals surface area contributed by atoms with Gasteiger partial charge < -0.3 is 9.38 Å². The lowest BCUT2D eigenvalue weighted by atomic mass is 10.1. The van der Waals surface area contributed by atoms with Crippen molar-refractivity contribution < 1.29 is 13.8 Å². The molecule has 5 heteroatoms. The lowest BCUT2D eigenvalue weighted by Gasteiger charge is -2.26. The number of carbonyl (C=O) groups is 1. The summed E-state index contributed by atoms with van der Waals surface area (Å²) in [6, 6.07) is 22.4. The van der Waals surface area contributed by atoms with E-state index in [1.165, 1.54) is 36.0 Å².